The number of nitrogens with one attached hydrogen (secondary N) is 1. The first-order valence-corrected chi connectivity index (χ1v) is 7.94. The molecule has 19 heavy (non-hydrogen) atoms. The van der Waals surface area contributed by atoms with E-state index in [0.717, 1.165) is 24.8 Å². The van der Waals surface area contributed by atoms with E-state index in [1.54, 1.807) is 31.2 Å². The van der Waals surface area contributed by atoms with E-state index in [1.165, 1.54) is 0 Å². The highest BCUT2D eigenvalue weighted by Crippen LogP contribution is 2.39. The van der Waals surface area contributed by atoms with Crippen molar-refractivity contribution in [2.45, 2.75) is 43.5 Å². The second-order valence-corrected chi connectivity index (χ2v) is 6.87. The molecule has 0 heterocycles. The summed E-state index contributed by atoms with van der Waals surface area (Å²) in [6.45, 7) is 3.67. The smallest absolute Gasteiger partial charge is 0.207 e. The normalized spacial score (nSPS) is 18.6. The van der Waals surface area contributed by atoms with Gasteiger partial charge in [0.05, 0.1) is 11.0 Å². The lowest BCUT2D eigenvalue weighted by Gasteiger charge is -2.22. The first-order valence-electron chi connectivity index (χ1n) is 6.45. The van der Waals surface area contributed by atoms with Gasteiger partial charge >= 0.3 is 0 Å². The van der Waals surface area contributed by atoms with Gasteiger partial charge in [0.15, 0.2) is 0 Å². The molecule has 0 amide bonds. The van der Waals surface area contributed by atoms with E-state index in [4.69, 9.17) is 0 Å². The number of aryl methyl sites for hydroxylation is 1. The molecule has 1 aliphatic rings. The van der Waals surface area contributed by atoms with Crippen LogP contribution in [0, 0.1) is 17.2 Å². The highest BCUT2D eigenvalue weighted by atomic mass is 32.2. The van der Waals surface area contributed by atoms with Crippen LogP contribution >= 0.6 is 0 Å². The van der Waals surface area contributed by atoms with Crippen molar-refractivity contribution >= 4 is 10.0 Å². The van der Waals surface area contributed by atoms with Crippen LogP contribution in [0.5, 0.6) is 0 Å². The van der Waals surface area contributed by atoms with Crippen molar-refractivity contribution in [1.82, 2.24) is 4.72 Å². The van der Waals surface area contributed by atoms with Gasteiger partial charge in [0.1, 0.15) is 5.54 Å². The predicted octanol–water partition coefficient (Wildman–Crippen LogP) is 2.22. The van der Waals surface area contributed by atoms with E-state index < -0.39 is 15.6 Å². The quantitative estimate of drug-likeness (QED) is 0.897. The van der Waals surface area contributed by atoms with Crippen LogP contribution in [-0.2, 0) is 16.4 Å². The molecule has 1 aromatic carbocycles. The Morgan fingerprint density at radius 2 is 1.95 bits per heavy atom. The minimum Gasteiger partial charge on any atom is -0.207 e. The van der Waals surface area contributed by atoms with Crippen molar-refractivity contribution in [3.8, 4) is 6.07 Å². The van der Waals surface area contributed by atoms with Crippen LogP contribution in [0.15, 0.2) is 29.2 Å². The summed E-state index contributed by atoms with van der Waals surface area (Å²) < 4.78 is 27.1. The third-order valence-corrected chi connectivity index (χ3v) is 5.20. The van der Waals surface area contributed by atoms with Gasteiger partial charge in [0, 0.05) is 0 Å². The van der Waals surface area contributed by atoms with Gasteiger partial charge in [-0.3, -0.25) is 0 Å². The van der Waals surface area contributed by atoms with Gasteiger partial charge in [-0.05, 0) is 49.8 Å². The molecule has 1 saturated carbocycles. The van der Waals surface area contributed by atoms with E-state index in [2.05, 4.69) is 10.8 Å². The van der Waals surface area contributed by atoms with Gasteiger partial charge in [-0.1, -0.05) is 19.1 Å². The van der Waals surface area contributed by atoms with E-state index in [9.17, 15) is 13.7 Å². The fraction of sp³-hybridized carbons (Fsp3) is 0.500. The molecule has 5 heteroatoms. The number of hydrogen-bond donors (Lipinski definition) is 1. The van der Waals surface area contributed by atoms with Gasteiger partial charge in [0.25, 0.3) is 0 Å². The Morgan fingerprint density at radius 3 is 2.37 bits per heavy atom. The zero-order valence-electron chi connectivity index (χ0n) is 11.2. The summed E-state index contributed by atoms with van der Waals surface area (Å²) in [5, 5.41) is 9.21. The Bertz CT molecular complexity index is 597. The maximum absolute atomic E-state index is 12.3. The second-order valence-electron chi connectivity index (χ2n) is 5.19. The molecule has 1 N–H and O–H groups in total. The third kappa shape index (κ3) is 2.96. The molecule has 1 atom stereocenters. The molecule has 0 spiro atoms. The summed E-state index contributed by atoms with van der Waals surface area (Å²) in [5.41, 5.74) is 0.0895. The zero-order valence-corrected chi connectivity index (χ0v) is 12.0. The Balaban J connectivity index is 2.24. The highest BCUT2D eigenvalue weighted by Gasteiger charge is 2.44. The summed E-state index contributed by atoms with van der Waals surface area (Å²) in [5.74, 6) is 0.127. The summed E-state index contributed by atoms with van der Waals surface area (Å²) in [6, 6.07) is 8.88. The minimum absolute atomic E-state index is 0.127. The first kappa shape index (κ1) is 14.0. The lowest BCUT2D eigenvalue weighted by Crippen LogP contribution is -2.46. The number of rotatable bonds is 5. The monoisotopic (exact) mass is 278 g/mol. The van der Waals surface area contributed by atoms with Crippen LogP contribution in [0.2, 0.25) is 0 Å². The van der Waals surface area contributed by atoms with Crippen LogP contribution in [-0.4, -0.2) is 14.0 Å². The molecule has 1 fully saturated rings. The molecular formula is C14H18N2O2S. The molecule has 2 rings (SSSR count). The Kier molecular flexibility index (Phi) is 3.66. The molecule has 0 saturated heterocycles. The Hall–Kier alpha value is -1.38. The molecule has 0 aromatic heterocycles. The summed E-state index contributed by atoms with van der Waals surface area (Å²) in [7, 11) is -3.63. The van der Waals surface area contributed by atoms with E-state index in [1.807, 2.05) is 6.92 Å². The lowest BCUT2D eigenvalue weighted by molar-refractivity contribution is 0.458. The van der Waals surface area contributed by atoms with Crippen molar-refractivity contribution < 1.29 is 8.42 Å². The standard InChI is InChI=1S/C14H18N2O2S/c1-3-11-4-8-13(9-5-11)19(17,18)16-14(2,10-15)12-6-7-12/h4-5,8-9,12,16H,3,6-7H2,1-2H3/t14-/m0/s1. The number of benzene rings is 1. The van der Waals surface area contributed by atoms with Crippen molar-refractivity contribution in [2.24, 2.45) is 5.92 Å². The second kappa shape index (κ2) is 4.95. The Morgan fingerprint density at radius 1 is 1.37 bits per heavy atom. The third-order valence-electron chi connectivity index (χ3n) is 3.61. The van der Waals surface area contributed by atoms with Crippen molar-refractivity contribution in [3.63, 3.8) is 0 Å². The highest BCUT2D eigenvalue weighted by molar-refractivity contribution is 7.89. The van der Waals surface area contributed by atoms with E-state index in [-0.39, 0.29) is 10.8 Å². The van der Waals surface area contributed by atoms with Gasteiger partial charge in [0.2, 0.25) is 10.0 Å². The van der Waals surface area contributed by atoms with Crippen LogP contribution in [0.25, 0.3) is 0 Å². The zero-order chi connectivity index (χ0) is 14.1. The number of nitriles is 1. The number of sulfonamides is 1. The first-order chi connectivity index (χ1) is 8.91. The average molecular weight is 278 g/mol. The van der Waals surface area contributed by atoms with Gasteiger partial charge in [-0.15, -0.1) is 0 Å². The number of hydrogen-bond acceptors (Lipinski definition) is 3. The summed E-state index contributed by atoms with van der Waals surface area (Å²) in [4.78, 5) is 0.215. The van der Waals surface area contributed by atoms with Gasteiger partial charge in [-0.25, -0.2) is 8.42 Å². The van der Waals surface area contributed by atoms with Crippen LogP contribution < -0.4 is 4.72 Å². The molecule has 0 bridgehead atoms. The molecule has 4 nitrogen and oxygen atoms in total. The topological polar surface area (TPSA) is 70.0 Å². The molecule has 0 unspecified atom stereocenters. The minimum atomic E-state index is -3.63. The maximum atomic E-state index is 12.3. The largest absolute Gasteiger partial charge is 0.241 e. The molecule has 1 aromatic rings. The summed E-state index contributed by atoms with van der Waals surface area (Å²) >= 11 is 0. The lowest BCUT2D eigenvalue weighted by atomic mass is 10.0. The number of nitrogens with zero attached hydrogens (tertiary/aromatic N) is 1. The molecule has 102 valence electrons. The molecule has 0 radical (unpaired) electrons. The van der Waals surface area contributed by atoms with Crippen LogP contribution in [0.4, 0.5) is 0 Å². The molecule has 0 aliphatic heterocycles. The SMILES string of the molecule is CCc1ccc(S(=O)(=O)N[C@@](C)(C#N)C2CC2)cc1. The average Bonchev–Trinajstić information content (AvgIpc) is 3.23. The Labute approximate surface area is 114 Å². The van der Waals surface area contributed by atoms with Gasteiger partial charge in [-0.2, -0.15) is 9.98 Å². The maximum Gasteiger partial charge on any atom is 0.241 e. The fourth-order valence-corrected chi connectivity index (χ4v) is 3.48. The van der Waals surface area contributed by atoms with Gasteiger partial charge < -0.3 is 0 Å². The molecule has 1 aliphatic carbocycles. The van der Waals surface area contributed by atoms with Crippen LogP contribution in [0.3, 0.4) is 0 Å². The van der Waals surface area contributed by atoms with Crippen LogP contribution in [0.1, 0.15) is 32.3 Å². The predicted molar refractivity (Wildman–Crippen MR) is 72.9 cm³/mol. The van der Waals surface area contributed by atoms with E-state index >= 15 is 0 Å². The van der Waals surface area contributed by atoms with Crippen molar-refractivity contribution in [3.05, 3.63) is 29.8 Å². The van der Waals surface area contributed by atoms with E-state index in [0.29, 0.717) is 0 Å². The fourth-order valence-electron chi connectivity index (χ4n) is 2.10. The van der Waals surface area contributed by atoms with Crippen molar-refractivity contribution in [1.29, 1.82) is 5.26 Å². The van der Waals surface area contributed by atoms with Crippen molar-refractivity contribution in [2.75, 3.05) is 0 Å². The summed E-state index contributed by atoms with van der Waals surface area (Å²) in [6.07, 6.45) is 2.68. The molecular weight excluding hydrogens is 260 g/mol.